The molecule has 0 spiro atoms. The molecule has 2 amide bonds. The van der Waals surface area contributed by atoms with Crippen LogP contribution in [-0.2, 0) is 20.9 Å². The number of carbonyl (C=O) groups excluding carboxylic acids is 2. The molecular formula is C16H21N5O3S. The zero-order chi connectivity index (χ0) is 18.2. The fraction of sp³-hybridized carbons (Fsp3) is 0.375. The maximum absolute atomic E-state index is 12.3. The largest absolute Gasteiger partial charge is 0.383 e. The van der Waals surface area contributed by atoms with Gasteiger partial charge in [-0.2, -0.15) is 0 Å². The maximum atomic E-state index is 12.3. The van der Waals surface area contributed by atoms with E-state index in [4.69, 9.17) is 4.74 Å². The number of thioether (sulfide) groups is 1. The Morgan fingerprint density at radius 3 is 2.48 bits per heavy atom. The first kappa shape index (κ1) is 18.9. The fourth-order valence-corrected chi connectivity index (χ4v) is 2.82. The van der Waals surface area contributed by atoms with Crippen molar-refractivity contribution in [3.8, 4) is 0 Å². The van der Waals surface area contributed by atoms with Crippen LogP contribution in [0.2, 0.25) is 0 Å². The van der Waals surface area contributed by atoms with Crippen molar-refractivity contribution in [1.29, 1.82) is 0 Å². The van der Waals surface area contributed by atoms with Gasteiger partial charge in [0.15, 0.2) is 5.16 Å². The number of benzene rings is 1. The molecule has 0 fully saturated rings. The molecule has 0 aliphatic carbocycles. The van der Waals surface area contributed by atoms with Crippen molar-refractivity contribution in [2.24, 2.45) is 0 Å². The van der Waals surface area contributed by atoms with Crippen LogP contribution in [0.4, 0.5) is 11.4 Å². The summed E-state index contributed by atoms with van der Waals surface area (Å²) in [5.74, 6) is -0.280. The Bertz CT molecular complexity index is 717. The van der Waals surface area contributed by atoms with E-state index < -0.39 is 0 Å². The topological polar surface area (TPSA) is 98.1 Å². The van der Waals surface area contributed by atoms with Gasteiger partial charge in [0.25, 0.3) is 0 Å². The summed E-state index contributed by atoms with van der Waals surface area (Å²) < 4.78 is 6.89. The highest BCUT2D eigenvalue weighted by Gasteiger charge is 2.18. The van der Waals surface area contributed by atoms with E-state index in [2.05, 4.69) is 20.8 Å². The van der Waals surface area contributed by atoms with Gasteiger partial charge in [0.05, 0.1) is 11.9 Å². The van der Waals surface area contributed by atoms with Crippen LogP contribution in [-0.4, -0.2) is 45.5 Å². The summed E-state index contributed by atoms with van der Waals surface area (Å²) in [6.45, 7) is 4.43. The van der Waals surface area contributed by atoms with Crippen molar-refractivity contribution in [3.05, 3.63) is 30.6 Å². The molecule has 0 unspecified atom stereocenters. The van der Waals surface area contributed by atoms with Crippen LogP contribution in [0.15, 0.2) is 35.7 Å². The summed E-state index contributed by atoms with van der Waals surface area (Å²) in [5.41, 5.74) is 1.34. The number of hydrogen-bond donors (Lipinski definition) is 2. The highest BCUT2D eigenvalue weighted by Crippen LogP contribution is 2.22. The van der Waals surface area contributed by atoms with E-state index in [1.54, 1.807) is 44.6 Å². The summed E-state index contributed by atoms with van der Waals surface area (Å²) in [6, 6.07) is 6.94. The molecule has 0 radical (unpaired) electrons. The van der Waals surface area contributed by atoms with Gasteiger partial charge in [0.1, 0.15) is 6.33 Å². The van der Waals surface area contributed by atoms with E-state index in [0.717, 1.165) is 0 Å². The smallest absolute Gasteiger partial charge is 0.237 e. The van der Waals surface area contributed by atoms with E-state index in [1.807, 2.05) is 4.57 Å². The SMILES string of the molecule is COCCn1cnnc1S[C@H](C)C(=O)Nc1ccc(NC(C)=O)cc1. The van der Waals surface area contributed by atoms with Crippen molar-refractivity contribution in [2.45, 2.75) is 30.8 Å². The van der Waals surface area contributed by atoms with Crippen molar-refractivity contribution < 1.29 is 14.3 Å². The van der Waals surface area contributed by atoms with E-state index in [1.165, 1.54) is 18.7 Å². The lowest BCUT2D eigenvalue weighted by molar-refractivity contribution is -0.115. The molecule has 9 heteroatoms. The van der Waals surface area contributed by atoms with Crippen molar-refractivity contribution in [1.82, 2.24) is 14.8 Å². The predicted octanol–water partition coefficient (Wildman–Crippen LogP) is 2.00. The average Bonchev–Trinajstić information content (AvgIpc) is 3.01. The molecule has 2 N–H and O–H groups in total. The Balaban J connectivity index is 1.92. The molecule has 0 bridgehead atoms. The number of hydrogen-bond acceptors (Lipinski definition) is 6. The van der Waals surface area contributed by atoms with Crippen molar-refractivity contribution in [2.75, 3.05) is 24.4 Å². The van der Waals surface area contributed by atoms with Crippen LogP contribution in [0, 0.1) is 0 Å². The molecule has 2 aromatic rings. The van der Waals surface area contributed by atoms with E-state index >= 15 is 0 Å². The summed E-state index contributed by atoms with van der Waals surface area (Å²) in [4.78, 5) is 23.3. The first-order valence-electron chi connectivity index (χ1n) is 7.71. The monoisotopic (exact) mass is 363 g/mol. The van der Waals surface area contributed by atoms with Gasteiger partial charge >= 0.3 is 0 Å². The number of rotatable bonds is 8. The second-order valence-corrected chi connectivity index (χ2v) is 6.62. The zero-order valence-corrected chi connectivity index (χ0v) is 15.2. The molecule has 0 saturated carbocycles. The quantitative estimate of drug-likeness (QED) is 0.696. The molecule has 0 saturated heterocycles. The Morgan fingerprint density at radius 1 is 1.24 bits per heavy atom. The van der Waals surface area contributed by atoms with Crippen LogP contribution < -0.4 is 10.6 Å². The number of amides is 2. The highest BCUT2D eigenvalue weighted by atomic mass is 32.2. The van der Waals surface area contributed by atoms with Crippen LogP contribution in [0.3, 0.4) is 0 Å². The molecule has 134 valence electrons. The number of methoxy groups -OCH3 is 1. The number of ether oxygens (including phenoxy) is 1. The highest BCUT2D eigenvalue weighted by molar-refractivity contribution is 8.00. The first-order chi connectivity index (χ1) is 12.0. The van der Waals surface area contributed by atoms with Gasteiger partial charge in [-0.3, -0.25) is 9.59 Å². The molecule has 1 aromatic heterocycles. The molecular weight excluding hydrogens is 342 g/mol. The Hall–Kier alpha value is -2.39. The van der Waals surface area contributed by atoms with Crippen LogP contribution in [0.5, 0.6) is 0 Å². The Morgan fingerprint density at radius 2 is 1.88 bits per heavy atom. The molecule has 0 aliphatic rings. The second kappa shape index (κ2) is 9.19. The Labute approximate surface area is 150 Å². The lowest BCUT2D eigenvalue weighted by Gasteiger charge is -2.12. The van der Waals surface area contributed by atoms with Gasteiger partial charge in [0, 0.05) is 32.0 Å². The first-order valence-corrected chi connectivity index (χ1v) is 8.59. The second-order valence-electron chi connectivity index (χ2n) is 5.31. The van der Waals surface area contributed by atoms with Crippen LogP contribution in [0.25, 0.3) is 0 Å². The molecule has 2 rings (SSSR count). The van der Waals surface area contributed by atoms with Gasteiger partial charge in [0.2, 0.25) is 11.8 Å². The van der Waals surface area contributed by atoms with Crippen LogP contribution in [0.1, 0.15) is 13.8 Å². The van der Waals surface area contributed by atoms with Crippen LogP contribution >= 0.6 is 11.8 Å². The molecule has 1 heterocycles. The third kappa shape index (κ3) is 5.87. The number of anilines is 2. The number of aromatic nitrogens is 3. The Kier molecular flexibility index (Phi) is 6.96. The zero-order valence-electron chi connectivity index (χ0n) is 14.4. The van der Waals surface area contributed by atoms with Crippen molar-refractivity contribution >= 4 is 35.0 Å². The minimum Gasteiger partial charge on any atom is -0.383 e. The van der Waals surface area contributed by atoms with E-state index in [0.29, 0.717) is 29.7 Å². The minimum absolute atomic E-state index is 0.139. The normalized spacial score (nSPS) is 11.8. The predicted molar refractivity (Wildman–Crippen MR) is 96.6 cm³/mol. The van der Waals surface area contributed by atoms with E-state index in [9.17, 15) is 9.59 Å². The van der Waals surface area contributed by atoms with E-state index in [-0.39, 0.29) is 17.1 Å². The molecule has 0 aliphatic heterocycles. The third-order valence-electron chi connectivity index (χ3n) is 3.24. The molecule has 25 heavy (non-hydrogen) atoms. The molecule has 1 atom stereocenters. The summed E-state index contributed by atoms with van der Waals surface area (Å²) in [6.07, 6.45) is 1.62. The summed E-state index contributed by atoms with van der Waals surface area (Å²) in [7, 11) is 1.63. The van der Waals surface area contributed by atoms with Crippen molar-refractivity contribution in [3.63, 3.8) is 0 Å². The molecule has 8 nitrogen and oxygen atoms in total. The standard InChI is InChI=1S/C16H21N5O3S/c1-11(25-16-20-17-10-21(16)8-9-24-3)15(23)19-14-6-4-13(5-7-14)18-12(2)22/h4-7,10-11H,8-9H2,1-3H3,(H,18,22)(H,19,23)/t11-/m1/s1. The fourth-order valence-electron chi connectivity index (χ4n) is 1.97. The summed E-state index contributed by atoms with van der Waals surface area (Å²) >= 11 is 1.33. The van der Waals surface area contributed by atoms with Gasteiger partial charge in [-0.25, -0.2) is 0 Å². The average molecular weight is 363 g/mol. The number of nitrogens with one attached hydrogen (secondary N) is 2. The van der Waals surface area contributed by atoms with Gasteiger partial charge in [-0.15, -0.1) is 10.2 Å². The van der Waals surface area contributed by atoms with Gasteiger partial charge < -0.3 is 19.9 Å². The lowest BCUT2D eigenvalue weighted by Crippen LogP contribution is -2.23. The maximum Gasteiger partial charge on any atom is 0.237 e. The molecule has 1 aromatic carbocycles. The number of carbonyl (C=O) groups is 2. The summed E-state index contributed by atoms with van der Waals surface area (Å²) in [5, 5.41) is 13.8. The third-order valence-corrected chi connectivity index (χ3v) is 4.34. The van der Waals surface area contributed by atoms with Gasteiger partial charge in [-0.1, -0.05) is 11.8 Å². The van der Waals surface area contributed by atoms with Gasteiger partial charge in [-0.05, 0) is 31.2 Å². The lowest BCUT2D eigenvalue weighted by atomic mass is 10.2. The minimum atomic E-state index is -0.347. The number of nitrogens with zero attached hydrogens (tertiary/aromatic N) is 3.